The number of hydrazone groups is 1. The number of halogens is 1. The summed E-state index contributed by atoms with van der Waals surface area (Å²) in [6, 6.07) is 20.3. The van der Waals surface area contributed by atoms with Gasteiger partial charge in [-0.2, -0.15) is 20.1 Å². The molecule has 166 valence electrons. The number of piperidine rings is 1. The Bertz CT molecular complexity index is 1260. The van der Waals surface area contributed by atoms with Crippen LogP contribution in [0.4, 0.5) is 27.9 Å². The predicted octanol–water partition coefficient (Wildman–Crippen LogP) is 5.34. The smallest absolute Gasteiger partial charge is 0.250 e. The SMILES string of the molecule is Fc1ccc(Nc2nc(NN=Cc3cccc4ccccc34)nc(N3CCCCC3)n2)cc1. The molecule has 5 rings (SSSR count). The fraction of sp³-hybridized carbons (Fsp3) is 0.200. The number of hydrogen-bond acceptors (Lipinski definition) is 7. The number of anilines is 4. The predicted molar refractivity (Wildman–Crippen MR) is 131 cm³/mol. The van der Waals surface area contributed by atoms with Crippen molar-refractivity contribution >= 4 is 40.5 Å². The fourth-order valence-electron chi connectivity index (χ4n) is 3.89. The highest BCUT2D eigenvalue weighted by atomic mass is 19.1. The van der Waals surface area contributed by atoms with Gasteiger partial charge in [0.2, 0.25) is 17.8 Å². The number of aromatic nitrogens is 3. The van der Waals surface area contributed by atoms with Gasteiger partial charge in [0.25, 0.3) is 0 Å². The van der Waals surface area contributed by atoms with E-state index in [0.29, 0.717) is 23.5 Å². The van der Waals surface area contributed by atoms with E-state index in [1.54, 1.807) is 18.3 Å². The van der Waals surface area contributed by atoms with Crippen molar-refractivity contribution in [3.63, 3.8) is 0 Å². The monoisotopic (exact) mass is 441 g/mol. The van der Waals surface area contributed by atoms with Crippen molar-refractivity contribution in [1.29, 1.82) is 0 Å². The standard InChI is InChI=1S/C25H24FN7/c26-20-11-13-21(14-12-20)28-23-29-24(31-25(30-23)33-15-4-1-5-16-33)32-27-17-19-9-6-8-18-7-2-3-10-22(18)19/h2-3,6-14,17H,1,4-5,15-16H2,(H2,28,29,30,31,32). The minimum atomic E-state index is -0.296. The third-order valence-corrected chi connectivity index (χ3v) is 5.55. The molecule has 0 atom stereocenters. The highest BCUT2D eigenvalue weighted by Gasteiger charge is 2.16. The van der Waals surface area contributed by atoms with Gasteiger partial charge in [-0.05, 0) is 54.3 Å². The Labute approximate surface area is 191 Å². The summed E-state index contributed by atoms with van der Waals surface area (Å²) in [5.41, 5.74) is 4.64. The molecule has 2 N–H and O–H groups in total. The van der Waals surface area contributed by atoms with Gasteiger partial charge in [0, 0.05) is 24.3 Å². The van der Waals surface area contributed by atoms with Gasteiger partial charge in [-0.1, -0.05) is 42.5 Å². The molecular formula is C25H24FN7. The van der Waals surface area contributed by atoms with Crippen LogP contribution < -0.4 is 15.6 Å². The third-order valence-electron chi connectivity index (χ3n) is 5.55. The largest absolute Gasteiger partial charge is 0.341 e. The molecule has 0 aliphatic carbocycles. The zero-order valence-electron chi connectivity index (χ0n) is 18.1. The zero-order chi connectivity index (χ0) is 22.5. The average molecular weight is 442 g/mol. The lowest BCUT2D eigenvalue weighted by Gasteiger charge is -2.26. The van der Waals surface area contributed by atoms with E-state index >= 15 is 0 Å². The van der Waals surface area contributed by atoms with E-state index in [0.717, 1.165) is 42.3 Å². The molecule has 1 fully saturated rings. The van der Waals surface area contributed by atoms with Crippen LogP contribution in [0.25, 0.3) is 10.8 Å². The number of rotatable bonds is 6. The second kappa shape index (κ2) is 9.60. The van der Waals surface area contributed by atoms with Crippen LogP contribution in [0, 0.1) is 5.82 Å². The number of hydrogen-bond donors (Lipinski definition) is 2. The summed E-state index contributed by atoms with van der Waals surface area (Å²) in [5, 5.41) is 9.79. The molecule has 1 aliphatic heterocycles. The fourth-order valence-corrected chi connectivity index (χ4v) is 3.89. The summed E-state index contributed by atoms with van der Waals surface area (Å²) in [6.45, 7) is 1.80. The molecule has 0 amide bonds. The lowest BCUT2D eigenvalue weighted by Crippen LogP contribution is -2.31. The Balaban J connectivity index is 1.41. The zero-order valence-corrected chi connectivity index (χ0v) is 18.1. The van der Waals surface area contributed by atoms with Gasteiger partial charge in [0.1, 0.15) is 5.82 Å². The van der Waals surface area contributed by atoms with Crippen molar-refractivity contribution in [1.82, 2.24) is 15.0 Å². The quantitative estimate of drug-likeness (QED) is 0.310. The molecule has 3 aromatic carbocycles. The second-order valence-electron chi connectivity index (χ2n) is 7.90. The minimum Gasteiger partial charge on any atom is -0.341 e. The van der Waals surface area contributed by atoms with Crippen LogP contribution in [0.1, 0.15) is 24.8 Å². The van der Waals surface area contributed by atoms with Gasteiger partial charge in [0.15, 0.2) is 0 Å². The van der Waals surface area contributed by atoms with Crippen LogP contribution in [0.3, 0.4) is 0 Å². The van der Waals surface area contributed by atoms with E-state index in [2.05, 4.69) is 53.9 Å². The first-order valence-electron chi connectivity index (χ1n) is 11.0. The normalized spacial score (nSPS) is 14.0. The number of nitrogens with one attached hydrogen (secondary N) is 2. The molecule has 1 aliphatic rings. The third kappa shape index (κ3) is 5.06. The van der Waals surface area contributed by atoms with E-state index in [4.69, 9.17) is 0 Å². The van der Waals surface area contributed by atoms with E-state index < -0.39 is 0 Å². The average Bonchev–Trinajstić information content (AvgIpc) is 2.86. The van der Waals surface area contributed by atoms with Gasteiger partial charge in [-0.25, -0.2) is 9.82 Å². The molecule has 0 bridgehead atoms. The molecule has 8 heteroatoms. The van der Waals surface area contributed by atoms with E-state index in [1.807, 2.05) is 24.3 Å². The van der Waals surface area contributed by atoms with Crippen LogP contribution in [-0.4, -0.2) is 34.3 Å². The van der Waals surface area contributed by atoms with Crippen molar-refractivity contribution < 1.29 is 4.39 Å². The Morgan fingerprint density at radius 1 is 0.818 bits per heavy atom. The Kier molecular flexibility index (Phi) is 6.06. The summed E-state index contributed by atoms with van der Waals surface area (Å²) < 4.78 is 13.3. The molecule has 2 heterocycles. The van der Waals surface area contributed by atoms with Crippen LogP contribution in [0.5, 0.6) is 0 Å². The first-order valence-corrected chi connectivity index (χ1v) is 11.0. The van der Waals surface area contributed by atoms with E-state index in [-0.39, 0.29) is 5.82 Å². The highest BCUT2D eigenvalue weighted by Crippen LogP contribution is 2.21. The molecular weight excluding hydrogens is 417 g/mol. The maximum absolute atomic E-state index is 13.3. The molecule has 0 saturated carbocycles. The van der Waals surface area contributed by atoms with Crippen LogP contribution in [0.15, 0.2) is 71.8 Å². The summed E-state index contributed by atoms with van der Waals surface area (Å²) in [6.07, 6.45) is 5.19. The van der Waals surface area contributed by atoms with Crippen molar-refractivity contribution in [2.45, 2.75) is 19.3 Å². The van der Waals surface area contributed by atoms with Crippen molar-refractivity contribution in [3.05, 3.63) is 78.1 Å². The maximum atomic E-state index is 13.3. The Morgan fingerprint density at radius 3 is 2.42 bits per heavy atom. The summed E-state index contributed by atoms with van der Waals surface area (Å²) in [7, 11) is 0. The first-order chi connectivity index (χ1) is 16.2. The molecule has 0 spiro atoms. The molecule has 1 aromatic heterocycles. The van der Waals surface area contributed by atoms with Gasteiger partial charge >= 0.3 is 0 Å². The van der Waals surface area contributed by atoms with E-state index in [1.165, 1.54) is 18.6 Å². The topological polar surface area (TPSA) is 78.3 Å². The molecule has 7 nitrogen and oxygen atoms in total. The molecule has 1 saturated heterocycles. The first kappa shape index (κ1) is 20.8. The lowest BCUT2D eigenvalue weighted by atomic mass is 10.1. The minimum absolute atomic E-state index is 0.296. The second-order valence-corrected chi connectivity index (χ2v) is 7.90. The van der Waals surface area contributed by atoms with Gasteiger partial charge < -0.3 is 10.2 Å². The number of fused-ring (bicyclic) bond motifs is 1. The molecule has 4 aromatic rings. The van der Waals surface area contributed by atoms with Crippen LogP contribution >= 0.6 is 0 Å². The van der Waals surface area contributed by atoms with Gasteiger partial charge in [0.05, 0.1) is 6.21 Å². The van der Waals surface area contributed by atoms with E-state index in [9.17, 15) is 4.39 Å². The Hall–Kier alpha value is -4.07. The summed E-state index contributed by atoms with van der Waals surface area (Å²) >= 11 is 0. The van der Waals surface area contributed by atoms with Gasteiger partial charge in [-0.15, -0.1) is 0 Å². The maximum Gasteiger partial charge on any atom is 0.250 e. The van der Waals surface area contributed by atoms with Gasteiger partial charge in [-0.3, -0.25) is 0 Å². The number of benzene rings is 3. The highest BCUT2D eigenvalue weighted by molar-refractivity contribution is 5.99. The molecule has 0 unspecified atom stereocenters. The summed E-state index contributed by atoms with van der Waals surface area (Å²) in [5.74, 6) is 1.01. The van der Waals surface area contributed by atoms with Crippen LogP contribution in [-0.2, 0) is 0 Å². The van der Waals surface area contributed by atoms with Crippen molar-refractivity contribution in [3.8, 4) is 0 Å². The lowest BCUT2D eigenvalue weighted by molar-refractivity contribution is 0.568. The molecule has 0 radical (unpaired) electrons. The molecule has 33 heavy (non-hydrogen) atoms. The van der Waals surface area contributed by atoms with Crippen molar-refractivity contribution in [2.75, 3.05) is 28.7 Å². The van der Waals surface area contributed by atoms with Crippen molar-refractivity contribution in [2.24, 2.45) is 5.10 Å². The summed E-state index contributed by atoms with van der Waals surface area (Å²) in [4.78, 5) is 15.8. The van der Waals surface area contributed by atoms with Crippen LogP contribution in [0.2, 0.25) is 0 Å². The Morgan fingerprint density at radius 2 is 1.58 bits per heavy atom. The number of nitrogens with zero attached hydrogens (tertiary/aromatic N) is 5.